The van der Waals surface area contributed by atoms with Gasteiger partial charge >= 0.3 is 0 Å². The van der Waals surface area contributed by atoms with Crippen LogP contribution in [-0.2, 0) is 0 Å². The number of thioether (sulfide) groups is 1. The first kappa shape index (κ1) is 11.1. The predicted molar refractivity (Wildman–Crippen MR) is 61.1 cm³/mol. The molecular formula is C10H20N2S. The van der Waals surface area contributed by atoms with E-state index in [2.05, 4.69) is 31.9 Å². The lowest BCUT2D eigenvalue weighted by Crippen LogP contribution is -2.50. The molecule has 76 valence electrons. The molecule has 0 amide bonds. The summed E-state index contributed by atoms with van der Waals surface area (Å²) in [5.41, 5.74) is 7.42. The van der Waals surface area contributed by atoms with Gasteiger partial charge in [0, 0.05) is 30.1 Å². The van der Waals surface area contributed by atoms with E-state index in [0.29, 0.717) is 6.04 Å². The fraction of sp³-hybridized carbons (Fsp3) is 0.800. The van der Waals surface area contributed by atoms with E-state index >= 15 is 0 Å². The zero-order valence-corrected chi connectivity index (χ0v) is 9.60. The van der Waals surface area contributed by atoms with Crippen LogP contribution in [0, 0.1) is 0 Å². The maximum Gasteiger partial charge on any atom is 0.0392 e. The smallest absolute Gasteiger partial charge is 0.0392 e. The van der Waals surface area contributed by atoms with Gasteiger partial charge in [-0.2, -0.15) is 11.8 Å². The molecule has 1 aliphatic rings. The Morgan fingerprint density at radius 2 is 2.31 bits per heavy atom. The van der Waals surface area contributed by atoms with Crippen LogP contribution in [0.2, 0.25) is 0 Å². The largest absolute Gasteiger partial charge is 0.323 e. The molecular weight excluding hydrogens is 180 g/mol. The van der Waals surface area contributed by atoms with E-state index in [1.54, 1.807) is 0 Å². The van der Waals surface area contributed by atoms with Crippen molar-refractivity contribution in [1.82, 2.24) is 4.90 Å². The number of hydrogen-bond donors (Lipinski definition) is 1. The third-order valence-electron chi connectivity index (χ3n) is 2.41. The molecule has 1 heterocycles. The normalized spacial score (nSPS) is 26.9. The monoisotopic (exact) mass is 200 g/mol. The molecule has 13 heavy (non-hydrogen) atoms. The highest BCUT2D eigenvalue weighted by Crippen LogP contribution is 2.17. The summed E-state index contributed by atoms with van der Waals surface area (Å²) < 4.78 is 0. The molecule has 0 aromatic carbocycles. The average molecular weight is 200 g/mol. The van der Waals surface area contributed by atoms with Crippen molar-refractivity contribution < 1.29 is 0 Å². The summed E-state index contributed by atoms with van der Waals surface area (Å²) in [5.74, 6) is 2.41. The lowest BCUT2D eigenvalue weighted by Gasteiger charge is -2.35. The molecule has 0 aliphatic carbocycles. The van der Waals surface area contributed by atoms with E-state index < -0.39 is 0 Å². The van der Waals surface area contributed by atoms with Crippen LogP contribution < -0.4 is 5.73 Å². The van der Waals surface area contributed by atoms with Crippen LogP contribution >= 0.6 is 11.8 Å². The molecule has 2 atom stereocenters. The van der Waals surface area contributed by atoms with Crippen molar-refractivity contribution in [2.24, 2.45) is 5.73 Å². The number of hydrogen-bond acceptors (Lipinski definition) is 3. The van der Waals surface area contributed by atoms with Crippen LogP contribution in [0.5, 0.6) is 0 Å². The summed E-state index contributed by atoms with van der Waals surface area (Å²) in [6, 6.07) is 0.719. The minimum Gasteiger partial charge on any atom is -0.323 e. The zero-order chi connectivity index (χ0) is 9.84. The quantitative estimate of drug-likeness (QED) is 0.682. The van der Waals surface area contributed by atoms with Crippen molar-refractivity contribution in [3.05, 3.63) is 11.6 Å². The highest BCUT2D eigenvalue weighted by Gasteiger charge is 2.23. The first-order valence-electron chi connectivity index (χ1n) is 4.80. The number of nitrogens with zero attached hydrogens (tertiary/aromatic N) is 1. The molecule has 0 bridgehead atoms. The van der Waals surface area contributed by atoms with Crippen molar-refractivity contribution in [3.8, 4) is 0 Å². The highest BCUT2D eigenvalue weighted by molar-refractivity contribution is 7.99. The summed E-state index contributed by atoms with van der Waals surface area (Å²) in [5, 5.41) is 0. The number of likely N-dealkylation sites (N-methyl/N-ethyl adjacent to an activating group) is 1. The minimum atomic E-state index is 0.197. The van der Waals surface area contributed by atoms with E-state index in [4.69, 9.17) is 5.73 Å². The summed E-state index contributed by atoms with van der Waals surface area (Å²) in [6.45, 7) is 5.38. The highest BCUT2D eigenvalue weighted by atomic mass is 32.2. The van der Waals surface area contributed by atoms with Crippen molar-refractivity contribution >= 4 is 11.8 Å². The summed E-state index contributed by atoms with van der Waals surface area (Å²) in [4.78, 5) is 2.38. The standard InChI is InChI=1S/C10H20N2S/c1-8(2)6-9(11)10-7-13-5-4-12(10)3/h6,9-10H,4-5,7,11H2,1-3H3. The maximum absolute atomic E-state index is 6.11. The van der Waals surface area contributed by atoms with Gasteiger partial charge in [0.1, 0.15) is 0 Å². The van der Waals surface area contributed by atoms with Gasteiger partial charge in [0.05, 0.1) is 0 Å². The molecule has 2 N–H and O–H groups in total. The number of nitrogens with two attached hydrogens (primary N) is 1. The number of rotatable bonds is 2. The van der Waals surface area contributed by atoms with Gasteiger partial charge in [0.2, 0.25) is 0 Å². The lowest BCUT2D eigenvalue weighted by atomic mass is 10.1. The minimum absolute atomic E-state index is 0.197. The van der Waals surface area contributed by atoms with Gasteiger partial charge in [-0.25, -0.2) is 0 Å². The fourth-order valence-corrected chi connectivity index (χ4v) is 2.91. The van der Waals surface area contributed by atoms with Gasteiger partial charge in [-0.1, -0.05) is 11.6 Å². The Bertz CT molecular complexity index is 187. The van der Waals surface area contributed by atoms with Crippen molar-refractivity contribution in [1.29, 1.82) is 0 Å². The Labute approximate surface area is 85.6 Å². The second-order valence-corrected chi connectivity index (χ2v) is 5.09. The Hall–Kier alpha value is 0.01000. The molecule has 1 aliphatic heterocycles. The van der Waals surface area contributed by atoms with Crippen LogP contribution in [0.3, 0.4) is 0 Å². The topological polar surface area (TPSA) is 29.3 Å². The molecule has 0 saturated carbocycles. The average Bonchev–Trinajstić information content (AvgIpc) is 2.03. The van der Waals surface area contributed by atoms with Gasteiger partial charge in [0.25, 0.3) is 0 Å². The van der Waals surface area contributed by atoms with Gasteiger partial charge in [-0.15, -0.1) is 0 Å². The third kappa shape index (κ3) is 3.33. The molecule has 2 nitrogen and oxygen atoms in total. The molecule has 0 spiro atoms. The van der Waals surface area contributed by atoms with Gasteiger partial charge < -0.3 is 5.73 Å². The van der Waals surface area contributed by atoms with Gasteiger partial charge in [-0.05, 0) is 20.9 Å². The Morgan fingerprint density at radius 3 is 2.85 bits per heavy atom. The Kier molecular flexibility index (Phi) is 4.29. The first-order valence-corrected chi connectivity index (χ1v) is 5.95. The fourth-order valence-electron chi connectivity index (χ4n) is 1.61. The van der Waals surface area contributed by atoms with E-state index in [-0.39, 0.29) is 6.04 Å². The van der Waals surface area contributed by atoms with Crippen LogP contribution in [0.25, 0.3) is 0 Å². The molecule has 2 unspecified atom stereocenters. The predicted octanol–water partition coefficient (Wildman–Crippen LogP) is 1.33. The second kappa shape index (κ2) is 5.03. The van der Waals surface area contributed by atoms with E-state index in [1.807, 2.05) is 11.8 Å². The van der Waals surface area contributed by atoms with Crippen LogP contribution in [0.4, 0.5) is 0 Å². The third-order valence-corrected chi connectivity index (χ3v) is 3.46. The molecule has 1 saturated heterocycles. The van der Waals surface area contributed by atoms with Crippen molar-refractivity contribution in [2.75, 3.05) is 25.1 Å². The van der Waals surface area contributed by atoms with Crippen molar-refractivity contribution in [2.45, 2.75) is 25.9 Å². The lowest BCUT2D eigenvalue weighted by molar-refractivity contribution is 0.253. The van der Waals surface area contributed by atoms with Crippen molar-refractivity contribution in [3.63, 3.8) is 0 Å². The van der Waals surface area contributed by atoms with Crippen LogP contribution in [0.15, 0.2) is 11.6 Å². The Balaban J connectivity index is 2.53. The van der Waals surface area contributed by atoms with Crippen LogP contribution in [-0.4, -0.2) is 42.1 Å². The maximum atomic E-state index is 6.11. The molecule has 3 heteroatoms. The first-order chi connectivity index (χ1) is 6.11. The molecule has 0 aromatic rings. The Morgan fingerprint density at radius 1 is 1.62 bits per heavy atom. The van der Waals surface area contributed by atoms with E-state index in [9.17, 15) is 0 Å². The zero-order valence-electron chi connectivity index (χ0n) is 8.79. The van der Waals surface area contributed by atoms with E-state index in [1.165, 1.54) is 23.6 Å². The molecule has 1 rings (SSSR count). The van der Waals surface area contributed by atoms with E-state index in [0.717, 1.165) is 0 Å². The van der Waals surface area contributed by atoms with Crippen LogP contribution in [0.1, 0.15) is 13.8 Å². The SMILES string of the molecule is CC(C)=CC(N)C1CSCCN1C. The molecule has 1 fully saturated rings. The second-order valence-electron chi connectivity index (χ2n) is 3.94. The number of allylic oxidation sites excluding steroid dienone is 1. The summed E-state index contributed by atoms with van der Waals surface area (Å²) >= 11 is 2.01. The summed E-state index contributed by atoms with van der Waals surface area (Å²) in [6.07, 6.45) is 2.17. The molecule has 0 radical (unpaired) electrons. The summed E-state index contributed by atoms with van der Waals surface area (Å²) in [7, 11) is 2.17. The molecule has 0 aromatic heterocycles. The van der Waals surface area contributed by atoms with Gasteiger partial charge in [-0.3, -0.25) is 4.90 Å². The van der Waals surface area contributed by atoms with Gasteiger partial charge in [0.15, 0.2) is 0 Å².